The number of benzene rings is 2. The molecule has 2 aromatic rings. The summed E-state index contributed by atoms with van der Waals surface area (Å²) >= 11 is 0. The first-order chi connectivity index (χ1) is 14.5. The molecule has 7 heteroatoms. The number of ether oxygens (including phenoxy) is 1. The third-order valence-electron chi connectivity index (χ3n) is 4.61. The highest BCUT2D eigenvalue weighted by molar-refractivity contribution is 5.95. The lowest BCUT2D eigenvalue weighted by molar-refractivity contribution is -0.862. The van der Waals surface area contributed by atoms with E-state index in [-0.39, 0.29) is 31.0 Å². The first-order valence-electron chi connectivity index (χ1n) is 10.3. The Hall–Kier alpha value is -3.19. The number of anilines is 2. The molecule has 0 saturated heterocycles. The smallest absolute Gasteiger partial charge is 0.338 e. The van der Waals surface area contributed by atoms with Crippen molar-refractivity contribution in [2.45, 2.75) is 40.7 Å². The van der Waals surface area contributed by atoms with Gasteiger partial charge in [0.1, 0.15) is 0 Å². The fraction of sp³-hybridized carbons (Fsp3) is 0.375. The summed E-state index contributed by atoms with van der Waals surface area (Å²) in [5.74, 6) is -0.763. The Bertz CT molecular complexity index is 929. The van der Waals surface area contributed by atoms with Gasteiger partial charge in [0.15, 0.2) is 13.1 Å². The van der Waals surface area contributed by atoms with Crippen LogP contribution in [0.25, 0.3) is 0 Å². The summed E-state index contributed by atoms with van der Waals surface area (Å²) < 4.78 is 5.14. The molecule has 2 aromatic carbocycles. The largest absolute Gasteiger partial charge is 0.459 e. The third kappa shape index (κ3) is 7.53. The van der Waals surface area contributed by atoms with Crippen molar-refractivity contribution in [1.82, 2.24) is 0 Å². The van der Waals surface area contributed by atoms with Crippen LogP contribution < -0.4 is 15.5 Å². The summed E-state index contributed by atoms with van der Waals surface area (Å²) in [6.45, 7) is 9.83. The molecule has 0 fully saturated rings. The maximum atomic E-state index is 12.4. The van der Waals surface area contributed by atoms with Crippen LogP contribution in [-0.2, 0) is 14.3 Å². The predicted octanol–water partition coefficient (Wildman–Crippen LogP) is 2.27. The van der Waals surface area contributed by atoms with Gasteiger partial charge >= 0.3 is 5.97 Å². The lowest BCUT2D eigenvalue weighted by Crippen LogP contribution is -3.11. The Balaban J connectivity index is 1.85. The van der Waals surface area contributed by atoms with E-state index >= 15 is 0 Å². The highest BCUT2D eigenvalue weighted by atomic mass is 16.5. The SMILES string of the molecule is Cc1cc(C)c(NC(=O)C[NH+](C)CC(=O)Nc2ccc(C(=O)OC(C)C)cc2)c(C)c1. The molecule has 7 nitrogen and oxygen atoms in total. The Morgan fingerprint density at radius 3 is 1.94 bits per heavy atom. The van der Waals surface area contributed by atoms with E-state index in [0.717, 1.165) is 27.3 Å². The molecule has 2 rings (SSSR count). The van der Waals surface area contributed by atoms with Crippen molar-refractivity contribution in [3.8, 4) is 0 Å². The average Bonchev–Trinajstić information content (AvgIpc) is 2.64. The fourth-order valence-electron chi connectivity index (χ4n) is 3.35. The molecule has 0 aliphatic heterocycles. The molecule has 0 aliphatic rings. The van der Waals surface area contributed by atoms with Gasteiger partial charge in [0.2, 0.25) is 0 Å². The second-order valence-corrected chi connectivity index (χ2v) is 8.21. The number of likely N-dealkylation sites (N-methyl/N-ethyl adjacent to an activating group) is 1. The van der Waals surface area contributed by atoms with Crippen molar-refractivity contribution >= 4 is 29.2 Å². The fourth-order valence-corrected chi connectivity index (χ4v) is 3.35. The molecule has 0 saturated carbocycles. The third-order valence-corrected chi connectivity index (χ3v) is 4.61. The normalized spacial score (nSPS) is 11.7. The van der Waals surface area contributed by atoms with Gasteiger partial charge in [-0.3, -0.25) is 9.59 Å². The number of hydrogen-bond acceptors (Lipinski definition) is 4. The molecular formula is C24H32N3O4+. The lowest BCUT2D eigenvalue weighted by atomic mass is 10.1. The van der Waals surface area contributed by atoms with Crippen molar-refractivity contribution in [2.24, 2.45) is 0 Å². The van der Waals surface area contributed by atoms with Gasteiger partial charge in [0, 0.05) is 11.4 Å². The number of aryl methyl sites for hydroxylation is 3. The van der Waals surface area contributed by atoms with E-state index in [9.17, 15) is 14.4 Å². The number of amides is 2. The molecule has 3 N–H and O–H groups in total. The van der Waals surface area contributed by atoms with Gasteiger partial charge in [-0.05, 0) is 70.0 Å². The quantitative estimate of drug-likeness (QED) is 0.565. The highest BCUT2D eigenvalue weighted by Crippen LogP contribution is 2.21. The monoisotopic (exact) mass is 426 g/mol. The summed E-state index contributed by atoms with van der Waals surface area (Å²) in [6, 6.07) is 10.6. The molecule has 0 heterocycles. The Morgan fingerprint density at radius 1 is 0.903 bits per heavy atom. The summed E-state index contributed by atoms with van der Waals surface area (Å²) in [7, 11) is 1.79. The van der Waals surface area contributed by atoms with Crippen LogP contribution in [-0.4, -0.2) is 44.0 Å². The molecule has 2 amide bonds. The Kier molecular flexibility index (Phi) is 8.33. The van der Waals surface area contributed by atoms with Crippen molar-refractivity contribution in [3.05, 3.63) is 58.7 Å². The first kappa shape index (κ1) is 24.1. The summed E-state index contributed by atoms with van der Waals surface area (Å²) in [5.41, 5.74) is 5.01. The highest BCUT2D eigenvalue weighted by Gasteiger charge is 2.16. The maximum absolute atomic E-state index is 12.4. The first-order valence-corrected chi connectivity index (χ1v) is 10.3. The minimum absolute atomic E-state index is 0.135. The van der Waals surface area contributed by atoms with Crippen LogP contribution >= 0.6 is 0 Å². The van der Waals surface area contributed by atoms with Crippen molar-refractivity contribution in [2.75, 3.05) is 30.8 Å². The van der Waals surface area contributed by atoms with E-state index in [4.69, 9.17) is 4.74 Å². The van der Waals surface area contributed by atoms with E-state index in [0.29, 0.717) is 11.3 Å². The van der Waals surface area contributed by atoms with Crippen LogP contribution in [0, 0.1) is 20.8 Å². The van der Waals surface area contributed by atoms with Crippen LogP contribution in [0.2, 0.25) is 0 Å². The standard InChI is InChI=1S/C24H31N3O4/c1-15(2)31-24(30)19-7-9-20(10-8-19)25-21(28)13-27(6)14-22(29)26-23-17(4)11-16(3)12-18(23)5/h7-12,15H,13-14H2,1-6H3,(H,25,28)(H,26,29)/p+1. The molecule has 31 heavy (non-hydrogen) atoms. The number of rotatable bonds is 8. The van der Waals surface area contributed by atoms with Gasteiger partial charge < -0.3 is 20.3 Å². The average molecular weight is 427 g/mol. The van der Waals surface area contributed by atoms with E-state index in [1.807, 2.05) is 32.9 Å². The van der Waals surface area contributed by atoms with Crippen LogP contribution in [0.5, 0.6) is 0 Å². The van der Waals surface area contributed by atoms with Crippen molar-refractivity contribution < 1.29 is 24.0 Å². The minimum atomic E-state index is -0.401. The number of carbonyl (C=O) groups is 3. The lowest BCUT2D eigenvalue weighted by Gasteiger charge is -2.16. The van der Waals surface area contributed by atoms with Crippen molar-refractivity contribution in [3.63, 3.8) is 0 Å². The zero-order chi connectivity index (χ0) is 23.1. The second kappa shape index (κ2) is 10.7. The minimum Gasteiger partial charge on any atom is -0.459 e. The van der Waals surface area contributed by atoms with Gasteiger partial charge in [-0.1, -0.05) is 17.7 Å². The van der Waals surface area contributed by atoms with Gasteiger partial charge in [-0.15, -0.1) is 0 Å². The number of hydrogen-bond donors (Lipinski definition) is 3. The van der Waals surface area contributed by atoms with Gasteiger partial charge in [-0.2, -0.15) is 0 Å². The topological polar surface area (TPSA) is 88.9 Å². The number of carbonyl (C=O) groups excluding carboxylic acids is 3. The number of nitrogens with one attached hydrogen (secondary N) is 3. The Morgan fingerprint density at radius 2 is 1.42 bits per heavy atom. The molecule has 1 atom stereocenters. The van der Waals surface area contributed by atoms with Crippen LogP contribution in [0.15, 0.2) is 36.4 Å². The molecule has 166 valence electrons. The van der Waals surface area contributed by atoms with Gasteiger partial charge in [0.05, 0.1) is 18.7 Å². The summed E-state index contributed by atoms with van der Waals surface area (Å²) in [6.07, 6.45) is -0.193. The molecule has 0 bridgehead atoms. The molecular weight excluding hydrogens is 394 g/mol. The maximum Gasteiger partial charge on any atom is 0.338 e. The summed E-state index contributed by atoms with van der Waals surface area (Å²) in [5, 5.41) is 5.74. The molecule has 0 aliphatic carbocycles. The van der Waals surface area contributed by atoms with Crippen molar-refractivity contribution in [1.29, 1.82) is 0 Å². The van der Waals surface area contributed by atoms with E-state index in [1.54, 1.807) is 45.2 Å². The molecule has 0 spiro atoms. The number of esters is 1. The molecule has 1 unspecified atom stereocenters. The van der Waals surface area contributed by atoms with Crippen LogP contribution in [0.1, 0.15) is 40.9 Å². The van der Waals surface area contributed by atoms with Gasteiger partial charge in [-0.25, -0.2) is 4.79 Å². The molecule has 0 aromatic heterocycles. The predicted molar refractivity (Wildman–Crippen MR) is 122 cm³/mol. The van der Waals surface area contributed by atoms with E-state index in [2.05, 4.69) is 10.6 Å². The second-order valence-electron chi connectivity index (χ2n) is 8.21. The van der Waals surface area contributed by atoms with Gasteiger partial charge in [0.25, 0.3) is 11.8 Å². The van der Waals surface area contributed by atoms with Crippen LogP contribution in [0.4, 0.5) is 11.4 Å². The van der Waals surface area contributed by atoms with E-state index < -0.39 is 5.97 Å². The summed E-state index contributed by atoms with van der Waals surface area (Å²) in [4.78, 5) is 37.4. The zero-order valence-corrected chi connectivity index (χ0v) is 19.1. The van der Waals surface area contributed by atoms with E-state index in [1.165, 1.54) is 0 Å². The molecule has 0 radical (unpaired) electrons. The zero-order valence-electron chi connectivity index (χ0n) is 19.1. The number of quaternary nitrogens is 1. The van der Waals surface area contributed by atoms with Crippen LogP contribution in [0.3, 0.4) is 0 Å². The Labute approximate surface area is 183 Å².